The van der Waals surface area contributed by atoms with Gasteiger partial charge in [-0.05, 0) is 204 Å². The van der Waals surface area contributed by atoms with Crippen molar-refractivity contribution in [3.8, 4) is 90.1 Å². The molecule has 396 valence electrons. The smallest absolute Gasteiger partial charge is 0.0886 e. The highest BCUT2D eigenvalue weighted by Gasteiger charge is 2.29. The lowest BCUT2D eigenvalue weighted by atomic mass is 9.87. The van der Waals surface area contributed by atoms with Gasteiger partial charge in [0.25, 0.3) is 0 Å². The van der Waals surface area contributed by atoms with Crippen LogP contribution in [0.3, 0.4) is 0 Å². The molecule has 0 aliphatic rings. The van der Waals surface area contributed by atoms with E-state index in [-0.39, 0.29) is 0 Å². The van der Waals surface area contributed by atoms with Crippen molar-refractivity contribution in [1.82, 2.24) is 39.9 Å². The number of fused-ring (bicyclic) bond motifs is 11. The molecule has 0 saturated heterocycles. The zero-order valence-corrected chi connectivity index (χ0v) is 46.0. The van der Waals surface area contributed by atoms with E-state index in [2.05, 4.69) is 166 Å². The van der Waals surface area contributed by atoms with Gasteiger partial charge in [-0.2, -0.15) is 0 Å². The van der Waals surface area contributed by atoms with Crippen LogP contribution in [-0.4, -0.2) is 39.9 Å². The minimum atomic E-state index is 0.821. The standard InChI is InChI=1S/C78H44N8/c1-3-17-51-49(15-1)69(45-27-31-65(83-41-45)61-23-5-9-35-79-61)75-55-21-13-19-53-58-40-60-74-54(57(58)39-59(73(53)55)77(75)71(51)47-29-33-67(85-43-47)63-25-7-11-37-81-63)20-14-22-56(74)76-70(46-28-32-66(84-42-46)62-24-6-10-36-80-62)50-16-2-4-18-52(50)72(78(60)76)48-30-34-68(86-44-48)64-26-8-12-38-82-64/h1-44H. The van der Waals surface area contributed by atoms with E-state index in [1.807, 2.05) is 122 Å². The second-order valence-electron chi connectivity index (χ2n) is 22.1. The number of nitrogens with zero attached hydrogens (tertiary/aromatic N) is 8. The van der Waals surface area contributed by atoms with Gasteiger partial charge >= 0.3 is 0 Å². The Bertz CT molecular complexity index is 5330. The fourth-order valence-corrected chi connectivity index (χ4v) is 14.0. The molecule has 8 nitrogen and oxygen atoms in total. The van der Waals surface area contributed by atoms with Crippen molar-refractivity contribution in [2.75, 3.05) is 0 Å². The molecule has 8 heteroatoms. The van der Waals surface area contributed by atoms with Crippen molar-refractivity contribution in [2.24, 2.45) is 0 Å². The van der Waals surface area contributed by atoms with Crippen LogP contribution in [0.15, 0.2) is 268 Å². The molecule has 18 aromatic rings. The molecule has 0 bridgehead atoms. The maximum absolute atomic E-state index is 5.13. The van der Waals surface area contributed by atoms with Gasteiger partial charge in [0.2, 0.25) is 0 Å². The molecular weight excluding hydrogens is 1050 g/mol. The van der Waals surface area contributed by atoms with E-state index < -0.39 is 0 Å². The highest BCUT2D eigenvalue weighted by atomic mass is 14.8. The summed E-state index contributed by atoms with van der Waals surface area (Å²) in [5.74, 6) is 0. The van der Waals surface area contributed by atoms with E-state index in [0.717, 1.165) is 112 Å². The first-order chi connectivity index (χ1) is 42.7. The molecule has 0 radical (unpaired) electrons. The van der Waals surface area contributed by atoms with Gasteiger partial charge in [-0.15, -0.1) is 0 Å². The Morgan fingerprint density at radius 1 is 0.163 bits per heavy atom. The molecule has 0 aliphatic carbocycles. The lowest BCUT2D eigenvalue weighted by Crippen LogP contribution is -1.92. The van der Waals surface area contributed by atoms with Crippen molar-refractivity contribution < 1.29 is 0 Å². The summed E-state index contributed by atoms with van der Waals surface area (Å²) in [6, 6.07) is 77.6. The van der Waals surface area contributed by atoms with E-state index in [1.54, 1.807) is 0 Å². The third-order valence-corrected chi connectivity index (χ3v) is 17.5. The number of hydrogen-bond acceptors (Lipinski definition) is 8. The highest BCUT2D eigenvalue weighted by molar-refractivity contribution is 6.47. The summed E-state index contributed by atoms with van der Waals surface area (Å²) in [5.41, 5.74) is 15.3. The van der Waals surface area contributed by atoms with Crippen LogP contribution < -0.4 is 0 Å². The third kappa shape index (κ3) is 7.17. The molecule has 18 rings (SSSR count). The average Bonchev–Trinajstić information content (AvgIpc) is 1.53. The summed E-state index contributed by atoms with van der Waals surface area (Å²) in [7, 11) is 0. The van der Waals surface area contributed by atoms with Gasteiger partial charge in [0.05, 0.1) is 45.6 Å². The van der Waals surface area contributed by atoms with Crippen LogP contribution in [0.4, 0.5) is 0 Å². The molecule has 0 N–H and O–H groups in total. The molecule has 0 fully saturated rings. The zero-order valence-electron chi connectivity index (χ0n) is 46.0. The first kappa shape index (κ1) is 47.9. The molecule has 0 unspecified atom stereocenters. The number of pyridine rings is 8. The predicted octanol–water partition coefficient (Wildman–Crippen LogP) is 19.4. The van der Waals surface area contributed by atoms with Gasteiger partial charge in [0.1, 0.15) is 0 Å². The molecule has 0 spiro atoms. The van der Waals surface area contributed by atoms with E-state index in [9.17, 15) is 0 Å². The molecule has 8 aromatic heterocycles. The van der Waals surface area contributed by atoms with Crippen molar-refractivity contribution in [1.29, 1.82) is 0 Å². The fraction of sp³-hybridized carbons (Fsp3) is 0. The summed E-state index contributed by atoms with van der Waals surface area (Å²) in [5, 5.41) is 21.2. The predicted molar refractivity (Wildman–Crippen MR) is 352 cm³/mol. The third-order valence-electron chi connectivity index (χ3n) is 17.5. The monoisotopic (exact) mass is 1090 g/mol. The van der Waals surface area contributed by atoms with Crippen molar-refractivity contribution in [3.63, 3.8) is 0 Å². The topological polar surface area (TPSA) is 103 Å². The summed E-state index contributed by atoms with van der Waals surface area (Å²) < 4.78 is 0. The maximum Gasteiger partial charge on any atom is 0.0886 e. The minimum absolute atomic E-state index is 0.821. The summed E-state index contributed by atoms with van der Waals surface area (Å²) in [6.45, 7) is 0. The molecule has 0 amide bonds. The molecule has 86 heavy (non-hydrogen) atoms. The van der Waals surface area contributed by atoms with Crippen LogP contribution in [0.1, 0.15) is 0 Å². The lowest BCUT2D eigenvalue weighted by Gasteiger charge is -2.17. The largest absolute Gasteiger partial charge is 0.255 e. The van der Waals surface area contributed by atoms with Crippen molar-refractivity contribution in [2.45, 2.75) is 0 Å². The maximum atomic E-state index is 5.13. The van der Waals surface area contributed by atoms with Crippen LogP contribution in [0.5, 0.6) is 0 Å². The van der Waals surface area contributed by atoms with E-state index in [0.29, 0.717) is 0 Å². The van der Waals surface area contributed by atoms with Crippen molar-refractivity contribution in [3.05, 3.63) is 268 Å². The van der Waals surface area contributed by atoms with Crippen LogP contribution in [0, 0.1) is 0 Å². The first-order valence-electron chi connectivity index (χ1n) is 28.9. The van der Waals surface area contributed by atoms with Gasteiger partial charge in [-0.3, -0.25) is 39.9 Å². The SMILES string of the molecule is c1ccc(-c2ccc(-c3c4ccccc4c(-c4ccc(-c5ccccn5)nc4)c4c5cc6c(cc7c8c(-c9ccc(-c%10ccccn%10)nc9)c9ccccc9c(-c9ccc(-c%10ccccn%10)nc9)c8c8cccc6c87)c6cccc(c34)c65)cn2)nc1. The van der Waals surface area contributed by atoms with E-state index in [4.69, 9.17) is 19.9 Å². The van der Waals surface area contributed by atoms with Gasteiger partial charge in [-0.1, -0.05) is 133 Å². The Balaban J connectivity index is 0.971. The Kier molecular flexibility index (Phi) is 10.5. The van der Waals surface area contributed by atoms with Crippen molar-refractivity contribution >= 4 is 97.0 Å². The molecule has 0 saturated carbocycles. The van der Waals surface area contributed by atoms with Crippen LogP contribution >= 0.6 is 0 Å². The van der Waals surface area contributed by atoms with Crippen LogP contribution in [0.25, 0.3) is 187 Å². The summed E-state index contributed by atoms with van der Waals surface area (Å²) in [4.78, 5) is 39.1. The number of hydrogen-bond donors (Lipinski definition) is 0. The van der Waals surface area contributed by atoms with Gasteiger partial charge in [0, 0.05) is 71.8 Å². The molecular formula is C78H44N8. The van der Waals surface area contributed by atoms with Crippen LogP contribution in [-0.2, 0) is 0 Å². The summed E-state index contributed by atoms with van der Waals surface area (Å²) >= 11 is 0. The number of benzene rings is 8. The Morgan fingerprint density at radius 3 is 0.686 bits per heavy atom. The normalized spacial score (nSPS) is 12.0. The average molecular weight is 1090 g/mol. The highest BCUT2D eigenvalue weighted by Crippen LogP contribution is 2.56. The van der Waals surface area contributed by atoms with E-state index >= 15 is 0 Å². The van der Waals surface area contributed by atoms with E-state index in [1.165, 1.54) is 75.4 Å². The Labute approximate surface area is 492 Å². The Morgan fingerprint density at radius 2 is 0.419 bits per heavy atom. The zero-order chi connectivity index (χ0) is 56.4. The lowest BCUT2D eigenvalue weighted by molar-refractivity contribution is 1.25. The Hall–Kier alpha value is -11.7. The van der Waals surface area contributed by atoms with Gasteiger partial charge < -0.3 is 0 Å². The molecule has 8 heterocycles. The second kappa shape index (κ2) is 18.9. The quantitative estimate of drug-likeness (QED) is 0.139. The van der Waals surface area contributed by atoms with Gasteiger partial charge in [-0.25, -0.2) is 0 Å². The second-order valence-corrected chi connectivity index (χ2v) is 22.1. The number of rotatable bonds is 8. The minimum Gasteiger partial charge on any atom is -0.255 e. The molecule has 10 aromatic carbocycles. The fourth-order valence-electron chi connectivity index (χ4n) is 14.0. The number of aromatic nitrogens is 8. The molecule has 0 atom stereocenters. The van der Waals surface area contributed by atoms with Gasteiger partial charge in [0.15, 0.2) is 0 Å². The summed E-state index contributed by atoms with van der Waals surface area (Å²) in [6.07, 6.45) is 15.4. The first-order valence-corrected chi connectivity index (χ1v) is 28.9. The molecule has 0 aliphatic heterocycles. The van der Waals surface area contributed by atoms with Crippen LogP contribution in [0.2, 0.25) is 0 Å².